The fourth-order valence-corrected chi connectivity index (χ4v) is 3.41. The Labute approximate surface area is 165 Å². The molecule has 1 aromatic heterocycles. The van der Waals surface area contributed by atoms with Crippen molar-refractivity contribution in [2.24, 2.45) is 0 Å². The lowest BCUT2D eigenvalue weighted by Crippen LogP contribution is -2.13. The highest BCUT2D eigenvalue weighted by Gasteiger charge is 2.10. The molecule has 6 heteroatoms. The molecular weight excluding hydrogens is 380 g/mol. The summed E-state index contributed by atoms with van der Waals surface area (Å²) in [6.07, 6.45) is 0. The van der Waals surface area contributed by atoms with E-state index >= 15 is 0 Å². The summed E-state index contributed by atoms with van der Waals surface area (Å²) in [6, 6.07) is 22.6. The summed E-state index contributed by atoms with van der Waals surface area (Å²) in [5, 5.41) is 3.58. The van der Waals surface area contributed by atoms with Gasteiger partial charge < -0.3 is 9.73 Å². The van der Waals surface area contributed by atoms with Crippen molar-refractivity contribution in [1.29, 1.82) is 0 Å². The van der Waals surface area contributed by atoms with Crippen LogP contribution in [0.25, 0.3) is 22.6 Å². The van der Waals surface area contributed by atoms with Gasteiger partial charge in [-0.1, -0.05) is 29.8 Å². The van der Waals surface area contributed by atoms with Crippen molar-refractivity contribution in [1.82, 2.24) is 4.98 Å². The van der Waals surface area contributed by atoms with Crippen LogP contribution in [-0.2, 0) is 4.79 Å². The first-order valence-corrected chi connectivity index (χ1v) is 9.68. The van der Waals surface area contributed by atoms with E-state index in [0.717, 1.165) is 10.5 Å². The smallest absolute Gasteiger partial charge is 0.234 e. The van der Waals surface area contributed by atoms with Crippen molar-refractivity contribution in [2.45, 2.75) is 4.90 Å². The van der Waals surface area contributed by atoms with Crippen LogP contribution in [0.2, 0.25) is 5.02 Å². The van der Waals surface area contributed by atoms with E-state index in [4.69, 9.17) is 16.0 Å². The molecular formula is C21H15ClN2O2S. The Morgan fingerprint density at radius 2 is 1.81 bits per heavy atom. The van der Waals surface area contributed by atoms with E-state index in [0.29, 0.717) is 33.5 Å². The summed E-state index contributed by atoms with van der Waals surface area (Å²) in [6.45, 7) is 0. The van der Waals surface area contributed by atoms with Crippen LogP contribution < -0.4 is 5.32 Å². The molecule has 0 bridgehead atoms. The number of halogens is 1. The van der Waals surface area contributed by atoms with Crippen LogP contribution in [0.4, 0.5) is 5.69 Å². The van der Waals surface area contributed by atoms with Gasteiger partial charge in [0, 0.05) is 21.2 Å². The summed E-state index contributed by atoms with van der Waals surface area (Å²) in [5.41, 5.74) is 3.00. The van der Waals surface area contributed by atoms with Crippen molar-refractivity contribution < 1.29 is 9.21 Å². The van der Waals surface area contributed by atoms with Crippen molar-refractivity contribution in [3.05, 3.63) is 77.8 Å². The third kappa shape index (κ3) is 4.32. The maximum Gasteiger partial charge on any atom is 0.234 e. The number of rotatable bonds is 5. The van der Waals surface area contributed by atoms with Crippen molar-refractivity contribution in [3.8, 4) is 11.5 Å². The van der Waals surface area contributed by atoms with Crippen LogP contribution in [-0.4, -0.2) is 16.6 Å². The van der Waals surface area contributed by atoms with Crippen molar-refractivity contribution >= 4 is 46.1 Å². The molecule has 0 radical (unpaired) electrons. The molecule has 1 N–H and O–H groups in total. The Balaban J connectivity index is 1.44. The zero-order valence-electron chi connectivity index (χ0n) is 14.2. The highest BCUT2D eigenvalue weighted by molar-refractivity contribution is 8.00. The summed E-state index contributed by atoms with van der Waals surface area (Å²) in [5.74, 6) is 0.793. The molecule has 0 aliphatic carbocycles. The lowest BCUT2D eigenvalue weighted by Gasteiger charge is -2.05. The Bertz CT molecular complexity index is 1080. The average molecular weight is 395 g/mol. The standard InChI is InChI=1S/C21H15ClN2O2S/c22-15-6-9-17(10-7-15)27-13-20(25)23-16-8-11-19-18(12-16)24-21(26-19)14-4-2-1-3-5-14/h1-12H,13H2,(H,23,25). The summed E-state index contributed by atoms with van der Waals surface area (Å²) in [7, 11) is 0. The number of nitrogens with one attached hydrogen (secondary N) is 1. The fourth-order valence-electron chi connectivity index (χ4n) is 2.59. The van der Waals surface area contributed by atoms with Gasteiger partial charge in [0.05, 0.1) is 5.75 Å². The van der Waals surface area contributed by atoms with Crippen LogP contribution in [0.1, 0.15) is 0 Å². The highest BCUT2D eigenvalue weighted by Crippen LogP contribution is 2.26. The third-order valence-corrected chi connectivity index (χ3v) is 5.14. The van der Waals surface area contributed by atoms with E-state index in [1.54, 1.807) is 0 Å². The molecule has 134 valence electrons. The van der Waals surface area contributed by atoms with Gasteiger partial charge in [-0.2, -0.15) is 0 Å². The molecule has 0 fully saturated rings. The first kappa shape index (κ1) is 17.6. The summed E-state index contributed by atoms with van der Waals surface area (Å²) < 4.78 is 5.79. The first-order chi connectivity index (χ1) is 13.2. The van der Waals surface area contributed by atoms with E-state index < -0.39 is 0 Å². The maximum atomic E-state index is 12.2. The Hall–Kier alpha value is -2.76. The molecule has 1 heterocycles. The van der Waals surface area contributed by atoms with E-state index in [2.05, 4.69) is 10.3 Å². The number of hydrogen-bond acceptors (Lipinski definition) is 4. The maximum absolute atomic E-state index is 12.2. The number of hydrogen-bond donors (Lipinski definition) is 1. The third-order valence-electron chi connectivity index (χ3n) is 3.88. The molecule has 0 atom stereocenters. The predicted octanol–water partition coefficient (Wildman–Crippen LogP) is 5.88. The van der Waals surface area contributed by atoms with E-state index in [9.17, 15) is 4.79 Å². The number of nitrogens with zero attached hydrogens (tertiary/aromatic N) is 1. The fraction of sp³-hybridized carbons (Fsp3) is 0.0476. The number of anilines is 1. The van der Waals surface area contributed by atoms with E-state index in [-0.39, 0.29) is 5.91 Å². The zero-order valence-corrected chi connectivity index (χ0v) is 15.8. The largest absolute Gasteiger partial charge is 0.436 e. The minimum Gasteiger partial charge on any atom is -0.436 e. The van der Waals surface area contributed by atoms with Gasteiger partial charge in [0.15, 0.2) is 5.58 Å². The lowest BCUT2D eigenvalue weighted by atomic mass is 10.2. The highest BCUT2D eigenvalue weighted by atomic mass is 35.5. The molecule has 1 amide bonds. The quantitative estimate of drug-likeness (QED) is 0.429. The monoisotopic (exact) mass is 394 g/mol. The van der Waals surface area contributed by atoms with Crippen molar-refractivity contribution in [3.63, 3.8) is 0 Å². The lowest BCUT2D eigenvalue weighted by molar-refractivity contribution is -0.113. The van der Waals surface area contributed by atoms with Gasteiger partial charge in [0.2, 0.25) is 11.8 Å². The van der Waals surface area contributed by atoms with Crippen LogP contribution in [0.5, 0.6) is 0 Å². The van der Waals surface area contributed by atoms with Gasteiger partial charge >= 0.3 is 0 Å². The SMILES string of the molecule is O=C(CSc1ccc(Cl)cc1)Nc1ccc2oc(-c3ccccc3)nc2c1. The molecule has 0 spiro atoms. The number of carbonyl (C=O) groups is 1. The Morgan fingerprint density at radius 3 is 2.59 bits per heavy atom. The number of benzene rings is 3. The molecule has 4 nitrogen and oxygen atoms in total. The molecule has 3 aromatic carbocycles. The molecule has 4 rings (SSSR count). The van der Waals surface area contributed by atoms with Crippen LogP contribution in [0.3, 0.4) is 0 Å². The first-order valence-electron chi connectivity index (χ1n) is 8.32. The van der Waals surface area contributed by atoms with Crippen LogP contribution >= 0.6 is 23.4 Å². The second-order valence-corrected chi connectivity index (χ2v) is 7.34. The van der Waals surface area contributed by atoms with Crippen molar-refractivity contribution in [2.75, 3.05) is 11.1 Å². The topological polar surface area (TPSA) is 55.1 Å². The van der Waals surface area contributed by atoms with Gasteiger partial charge in [-0.05, 0) is 54.6 Å². The molecule has 0 aliphatic heterocycles. The van der Waals surface area contributed by atoms with Crippen LogP contribution in [0.15, 0.2) is 82.1 Å². The number of aromatic nitrogens is 1. The minimum atomic E-state index is -0.0823. The second kappa shape index (κ2) is 7.86. The summed E-state index contributed by atoms with van der Waals surface area (Å²) in [4.78, 5) is 17.7. The van der Waals surface area contributed by atoms with Gasteiger partial charge in [-0.15, -0.1) is 11.8 Å². The molecule has 0 saturated heterocycles. The Morgan fingerprint density at radius 1 is 1.04 bits per heavy atom. The Kier molecular flexibility index (Phi) is 5.14. The number of carbonyl (C=O) groups excluding carboxylic acids is 1. The predicted molar refractivity (Wildman–Crippen MR) is 110 cm³/mol. The normalized spacial score (nSPS) is 10.9. The average Bonchev–Trinajstić information content (AvgIpc) is 3.12. The number of amides is 1. The molecule has 0 unspecified atom stereocenters. The van der Waals surface area contributed by atoms with E-state index in [1.807, 2.05) is 72.8 Å². The molecule has 4 aromatic rings. The van der Waals surface area contributed by atoms with Gasteiger partial charge in [0.1, 0.15) is 5.52 Å². The zero-order chi connectivity index (χ0) is 18.6. The van der Waals surface area contributed by atoms with Gasteiger partial charge in [-0.3, -0.25) is 4.79 Å². The molecule has 0 saturated carbocycles. The minimum absolute atomic E-state index is 0.0823. The molecule has 27 heavy (non-hydrogen) atoms. The van der Waals surface area contributed by atoms with Crippen LogP contribution in [0, 0.1) is 0 Å². The van der Waals surface area contributed by atoms with Gasteiger partial charge in [0.25, 0.3) is 0 Å². The number of oxazole rings is 1. The molecule has 0 aliphatic rings. The second-order valence-electron chi connectivity index (χ2n) is 5.86. The summed E-state index contributed by atoms with van der Waals surface area (Å²) >= 11 is 7.32. The number of fused-ring (bicyclic) bond motifs is 1. The number of thioether (sulfide) groups is 1. The van der Waals surface area contributed by atoms with Gasteiger partial charge in [-0.25, -0.2) is 4.98 Å². The van der Waals surface area contributed by atoms with E-state index in [1.165, 1.54) is 11.8 Å².